The fraction of sp³-hybridized carbons (Fsp3) is 0.176. The van der Waals surface area contributed by atoms with E-state index in [9.17, 15) is 17.6 Å². The summed E-state index contributed by atoms with van der Waals surface area (Å²) >= 11 is 0. The van der Waals surface area contributed by atoms with Gasteiger partial charge in [0, 0.05) is 18.1 Å². The van der Waals surface area contributed by atoms with Crippen LogP contribution in [-0.2, 0) is 12.7 Å². The van der Waals surface area contributed by atoms with Crippen molar-refractivity contribution in [3.8, 4) is 0 Å². The van der Waals surface area contributed by atoms with E-state index in [2.05, 4.69) is 0 Å². The molecule has 0 spiro atoms. The molecule has 1 heterocycles. The lowest BCUT2D eigenvalue weighted by Crippen LogP contribution is -2.05. The maximum Gasteiger partial charge on any atom is 0.416 e. The van der Waals surface area contributed by atoms with E-state index >= 15 is 0 Å². The van der Waals surface area contributed by atoms with Gasteiger partial charge in [0.15, 0.2) is 0 Å². The monoisotopic (exact) mass is 307 g/mol. The molecule has 0 aliphatic carbocycles. The van der Waals surface area contributed by atoms with Crippen LogP contribution in [0.1, 0.15) is 16.7 Å². The van der Waals surface area contributed by atoms with Gasteiger partial charge in [0.25, 0.3) is 0 Å². The van der Waals surface area contributed by atoms with Crippen molar-refractivity contribution in [3.63, 3.8) is 0 Å². The Morgan fingerprint density at radius 2 is 1.68 bits per heavy atom. The quantitative estimate of drug-likeness (QED) is 0.577. The molecule has 0 amide bonds. The van der Waals surface area contributed by atoms with Gasteiger partial charge in [0.05, 0.1) is 11.1 Å². The molecule has 0 aliphatic heterocycles. The van der Waals surface area contributed by atoms with Crippen molar-refractivity contribution in [2.45, 2.75) is 19.6 Å². The Morgan fingerprint density at radius 1 is 1.00 bits per heavy atom. The van der Waals surface area contributed by atoms with E-state index in [1.165, 1.54) is 24.3 Å². The van der Waals surface area contributed by atoms with Gasteiger partial charge in [-0.3, -0.25) is 0 Å². The Balaban J connectivity index is 1.94. The van der Waals surface area contributed by atoms with Gasteiger partial charge in [-0.05, 0) is 48.4 Å². The number of hydrogen-bond donors (Lipinski definition) is 0. The molecule has 0 saturated heterocycles. The molecule has 1 aromatic heterocycles. The van der Waals surface area contributed by atoms with Crippen molar-refractivity contribution >= 4 is 10.9 Å². The number of hydrogen-bond acceptors (Lipinski definition) is 0. The first-order valence-corrected chi connectivity index (χ1v) is 6.76. The van der Waals surface area contributed by atoms with Crippen LogP contribution in [0.2, 0.25) is 0 Å². The van der Waals surface area contributed by atoms with Crippen molar-refractivity contribution in [1.82, 2.24) is 4.57 Å². The van der Waals surface area contributed by atoms with Gasteiger partial charge in [0.2, 0.25) is 0 Å². The molecule has 3 rings (SSSR count). The molecule has 0 atom stereocenters. The summed E-state index contributed by atoms with van der Waals surface area (Å²) in [6.45, 7) is 2.25. The van der Waals surface area contributed by atoms with Gasteiger partial charge < -0.3 is 4.57 Å². The highest BCUT2D eigenvalue weighted by atomic mass is 19.4. The number of aromatic nitrogens is 1. The molecule has 0 bridgehead atoms. The minimum absolute atomic E-state index is 0.294. The van der Waals surface area contributed by atoms with Crippen molar-refractivity contribution in [2.24, 2.45) is 0 Å². The summed E-state index contributed by atoms with van der Waals surface area (Å²) in [4.78, 5) is 0. The summed E-state index contributed by atoms with van der Waals surface area (Å²) in [5, 5.41) is 0.782. The fourth-order valence-electron chi connectivity index (χ4n) is 2.65. The summed E-state index contributed by atoms with van der Waals surface area (Å²) in [5.74, 6) is -0.294. The summed E-state index contributed by atoms with van der Waals surface area (Å²) < 4.78 is 52.9. The third kappa shape index (κ3) is 2.71. The predicted molar refractivity (Wildman–Crippen MR) is 77.2 cm³/mol. The molecule has 114 valence electrons. The van der Waals surface area contributed by atoms with E-state index in [0.29, 0.717) is 6.54 Å². The summed E-state index contributed by atoms with van der Waals surface area (Å²) in [6, 6.07) is 9.79. The second-order valence-electron chi connectivity index (χ2n) is 5.30. The summed E-state index contributed by atoms with van der Waals surface area (Å²) in [6.07, 6.45) is -2.51. The first-order chi connectivity index (χ1) is 10.3. The Morgan fingerprint density at radius 3 is 2.32 bits per heavy atom. The zero-order valence-corrected chi connectivity index (χ0v) is 11.8. The van der Waals surface area contributed by atoms with Crippen LogP contribution in [-0.4, -0.2) is 4.57 Å². The summed E-state index contributed by atoms with van der Waals surface area (Å²) in [5.41, 5.74) is 1.79. The third-order valence-corrected chi connectivity index (χ3v) is 3.65. The van der Waals surface area contributed by atoms with Gasteiger partial charge in [-0.1, -0.05) is 12.1 Å². The number of fused-ring (bicyclic) bond motifs is 1. The lowest BCUT2D eigenvalue weighted by molar-refractivity contribution is -0.137. The number of nitrogens with zero attached hydrogens (tertiary/aromatic N) is 1. The Kier molecular flexibility index (Phi) is 3.43. The summed E-state index contributed by atoms with van der Waals surface area (Å²) in [7, 11) is 0. The molecule has 5 heteroatoms. The predicted octanol–water partition coefficient (Wildman–Crippen LogP) is 5.16. The molecular weight excluding hydrogens is 294 g/mol. The fourth-order valence-corrected chi connectivity index (χ4v) is 2.65. The van der Waals surface area contributed by atoms with Crippen LogP contribution in [0.15, 0.2) is 48.7 Å². The molecule has 0 radical (unpaired) electrons. The number of halogens is 4. The molecule has 1 nitrogen and oxygen atoms in total. The minimum atomic E-state index is -4.33. The Labute approximate surface area is 124 Å². The number of aryl methyl sites for hydroxylation is 1. The van der Waals surface area contributed by atoms with Crippen LogP contribution < -0.4 is 0 Å². The van der Waals surface area contributed by atoms with E-state index < -0.39 is 11.7 Å². The highest BCUT2D eigenvalue weighted by molar-refractivity contribution is 5.83. The van der Waals surface area contributed by atoms with Gasteiger partial charge >= 0.3 is 6.18 Å². The van der Waals surface area contributed by atoms with E-state index in [1.807, 2.05) is 17.7 Å². The van der Waals surface area contributed by atoms with Crippen molar-refractivity contribution < 1.29 is 17.6 Å². The average molecular weight is 307 g/mol. The van der Waals surface area contributed by atoms with Crippen molar-refractivity contribution in [3.05, 3.63) is 71.2 Å². The third-order valence-electron chi connectivity index (χ3n) is 3.65. The molecular formula is C17H13F4N. The van der Waals surface area contributed by atoms with Gasteiger partial charge in [-0.15, -0.1) is 0 Å². The maximum atomic E-state index is 13.4. The van der Waals surface area contributed by atoms with Crippen molar-refractivity contribution in [2.75, 3.05) is 0 Å². The SMILES string of the molecule is Cc1cc(F)cc2ccn(Cc3ccc(C(F)(F)F)cc3)c12. The zero-order valence-electron chi connectivity index (χ0n) is 11.8. The van der Waals surface area contributed by atoms with Crippen LogP contribution in [0, 0.1) is 12.7 Å². The largest absolute Gasteiger partial charge is 0.416 e. The van der Waals surface area contributed by atoms with Gasteiger partial charge in [0.1, 0.15) is 5.82 Å². The first kappa shape index (κ1) is 14.6. The molecule has 0 aliphatic rings. The minimum Gasteiger partial charge on any atom is -0.343 e. The average Bonchev–Trinajstić information content (AvgIpc) is 2.81. The van der Waals surface area contributed by atoms with Crippen LogP contribution in [0.25, 0.3) is 10.9 Å². The molecule has 2 aromatic carbocycles. The second kappa shape index (κ2) is 5.16. The van der Waals surface area contributed by atoms with Gasteiger partial charge in [-0.2, -0.15) is 13.2 Å². The number of alkyl halides is 3. The standard InChI is InChI=1S/C17H13F4N/c1-11-8-15(18)9-13-6-7-22(16(11)13)10-12-2-4-14(5-3-12)17(19,20)21/h2-9H,10H2,1H3. The Bertz CT molecular complexity index is 813. The smallest absolute Gasteiger partial charge is 0.343 e. The van der Waals surface area contributed by atoms with Crippen LogP contribution in [0.3, 0.4) is 0 Å². The zero-order chi connectivity index (χ0) is 15.9. The molecule has 0 N–H and O–H groups in total. The second-order valence-corrected chi connectivity index (χ2v) is 5.30. The molecule has 22 heavy (non-hydrogen) atoms. The van der Waals surface area contributed by atoms with Crippen LogP contribution in [0.4, 0.5) is 17.6 Å². The normalized spacial score (nSPS) is 12.0. The molecule has 0 saturated carbocycles. The lowest BCUT2D eigenvalue weighted by atomic mass is 10.1. The number of benzene rings is 2. The molecule has 0 unspecified atom stereocenters. The van der Waals surface area contributed by atoms with E-state index in [4.69, 9.17) is 0 Å². The van der Waals surface area contributed by atoms with Gasteiger partial charge in [-0.25, -0.2) is 4.39 Å². The highest BCUT2D eigenvalue weighted by Gasteiger charge is 2.29. The van der Waals surface area contributed by atoms with Crippen LogP contribution >= 0.6 is 0 Å². The Hall–Kier alpha value is -2.30. The topological polar surface area (TPSA) is 4.93 Å². The highest BCUT2D eigenvalue weighted by Crippen LogP contribution is 2.29. The van der Waals surface area contributed by atoms with E-state index in [0.717, 1.165) is 34.2 Å². The molecule has 0 fully saturated rings. The van der Waals surface area contributed by atoms with Crippen molar-refractivity contribution in [1.29, 1.82) is 0 Å². The maximum absolute atomic E-state index is 13.4. The van der Waals surface area contributed by atoms with E-state index in [1.54, 1.807) is 6.07 Å². The van der Waals surface area contributed by atoms with E-state index in [-0.39, 0.29) is 5.82 Å². The lowest BCUT2D eigenvalue weighted by Gasteiger charge is -2.10. The first-order valence-electron chi connectivity index (χ1n) is 6.76. The number of rotatable bonds is 2. The van der Waals surface area contributed by atoms with Crippen LogP contribution in [0.5, 0.6) is 0 Å². The molecule has 3 aromatic rings.